The first-order chi connectivity index (χ1) is 11.4. The lowest BCUT2D eigenvalue weighted by Gasteiger charge is -2.31. The van der Waals surface area contributed by atoms with Gasteiger partial charge in [0.1, 0.15) is 17.5 Å². The van der Waals surface area contributed by atoms with Gasteiger partial charge in [0.15, 0.2) is 11.2 Å². The van der Waals surface area contributed by atoms with Crippen molar-refractivity contribution < 1.29 is 14.0 Å². The molecule has 7 heteroatoms. The second-order valence-electron chi connectivity index (χ2n) is 5.49. The molecule has 0 radical (unpaired) electrons. The number of rotatable bonds is 4. The summed E-state index contributed by atoms with van der Waals surface area (Å²) in [6.07, 6.45) is -0.487. The second-order valence-corrected chi connectivity index (χ2v) is 5.49. The van der Waals surface area contributed by atoms with Crippen molar-refractivity contribution in [2.75, 3.05) is 0 Å². The largest absolute Gasteiger partial charge is 0.400 e. The minimum Gasteiger partial charge on any atom is -0.400 e. The lowest BCUT2D eigenvalue weighted by Crippen LogP contribution is -2.41. The van der Waals surface area contributed by atoms with Crippen molar-refractivity contribution in [3.8, 4) is 18.2 Å². The van der Waals surface area contributed by atoms with Crippen LogP contribution in [-0.2, 0) is 4.79 Å². The average Bonchev–Trinajstić information content (AvgIpc) is 2.84. The molecule has 0 bridgehead atoms. The van der Waals surface area contributed by atoms with Gasteiger partial charge in [-0.1, -0.05) is 0 Å². The molecular weight excluding hydrogens is 311 g/mol. The Morgan fingerprint density at radius 2 is 1.79 bits per heavy atom. The average molecular weight is 322 g/mol. The summed E-state index contributed by atoms with van der Waals surface area (Å²) in [6, 6.07) is 9.95. The van der Waals surface area contributed by atoms with E-state index in [1.54, 1.807) is 12.1 Å². The molecular formula is C17H11FN4O2. The summed E-state index contributed by atoms with van der Waals surface area (Å²) in [7, 11) is 0. The Labute approximate surface area is 137 Å². The maximum absolute atomic E-state index is 13.0. The number of carbonyl (C=O) groups is 2. The molecule has 1 atom stereocenters. The molecule has 1 aliphatic carbocycles. The molecule has 2 rings (SSSR count). The van der Waals surface area contributed by atoms with Gasteiger partial charge < -0.3 is 5.73 Å². The van der Waals surface area contributed by atoms with E-state index in [0.29, 0.717) is 6.29 Å². The predicted octanol–water partition coefficient (Wildman–Crippen LogP) is 1.76. The molecule has 24 heavy (non-hydrogen) atoms. The summed E-state index contributed by atoms with van der Waals surface area (Å²) in [5, 5.41) is 28.5. The lowest BCUT2D eigenvalue weighted by atomic mass is 9.63. The second kappa shape index (κ2) is 5.95. The van der Waals surface area contributed by atoms with Gasteiger partial charge in [0.25, 0.3) is 0 Å². The molecule has 0 unspecified atom stereocenters. The quantitative estimate of drug-likeness (QED) is 0.663. The number of Topliss-reactive ketones (excluding diaryl/α,β-unsaturated/α-hetero) is 1. The molecule has 2 N–H and O–H groups in total. The van der Waals surface area contributed by atoms with Crippen molar-refractivity contribution in [2.24, 2.45) is 16.6 Å². The Hall–Kier alpha value is -3.50. The zero-order chi connectivity index (χ0) is 18.0. The Morgan fingerprint density at radius 1 is 1.21 bits per heavy atom. The molecule has 6 nitrogen and oxygen atoms in total. The van der Waals surface area contributed by atoms with Gasteiger partial charge in [0.05, 0.1) is 18.2 Å². The number of nitriles is 3. The number of hydrogen-bond acceptors (Lipinski definition) is 6. The first kappa shape index (κ1) is 16.9. The molecule has 0 heterocycles. The van der Waals surface area contributed by atoms with E-state index < -0.39 is 28.9 Å². The van der Waals surface area contributed by atoms with Crippen LogP contribution in [0.2, 0.25) is 0 Å². The fraction of sp³-hybridized carbons (Fsp3) is 0.235. The third-order valence-corrected chi connectivity index (χ3v) is 4.30. The van der Waals surface area contributed by atoms with Crippen LogP contribution in [0.3, 0.4) is 0 Å². The van der Waals surface area contributed by atoms with E-state index in [1.165, 1.54) is 12.1 Å². The molecule has 0 saturated heterocycles. The van der Waals surface area contributed by atoms with Crippen molar-refractivity contribution in [3.63, 3.8) is 0 Å². The van der Waals surface area contributed by atoms with Crippen LogP contribution >= 0.6 is 0 Å². The SMILES string of the molecule is N#CC1(C#N)CC(C=O)=C(N)[C@]1(C#N)CC(=O)c1ccc(F)cc1. The van der Waals surface area contributed by atoms with Crippen molar-refractivity contribution >= 4 is 12.1 Å². The predicted molar refractivity (Wildman–Crippen MR) is 78.9 cm³/mol. The van der Waals surface area contributed by atoms with E-state index in [9.17, 15) is 29.8 Å². The fourth-order valence-electron chi connectivity index (χ4n) is 2.86. The Kier molecular flexibility index (Phi) is 4.18. The first-order valence-corrected chi connectivity index (χ1v) is 6.86. The molecule has 1 aliphatic rings. The van der Waals surface area contributed by atoms with Crippen LogP contribution in [0.1, 0.15) is 23.2 Å². The van der Waals surface area contributed by atoms with E-state index in [-0.39, 0.29) is 23.3 Å². The van der Waals surface area contributed by atoms with Crippen LogP contribution in [0, 0.1) is 50.6 Å². The van der Waals surface area contributed by atoms with Crippen LogP contribution in [-0.4, -0.2) is 12.1 Å². The van der Waals surface area contributed by atoms with E-state index in [2.05, 4.69) is 0 Å². The fourth-order valence-corrected chi connectivity index (χ4v) is 2.86. The maximum Gasteiger partial charge on any atom is 0.172 e. The minimum atomic E-state index is -1.93. The number of benzene rings is 1. The third-order valence-electron chi connectivity index (χ3n) is 4.30. The number of nitrogens with two attached hydrogens (primary N) is 1. The number of aldehydes is 1. The highest BCUT2D eigenvalue weighted by Crippen LogP contribution is 2.55. The number of carbonyl (C=O) groups excluding carboxylic acids is 2. The summed E-state index contributed by atoms with van der Waals surface area (Å²) in [4.78, 5) is 23.6. The first-order valence-electron chi connectivity index (χ1n) is 6.86. The van der Waals surface area contributed by atoms with Gasteiger partial charge in [-0.3, -0.25) is 9.59 Å². The summed E-state index contributed by atoms with van der Waals surface area (Å²) < 4.78 is 13.0. The molecule has 118 valence electrons. The van der Waals surface area contributed by atoms with Crippen molar-refractivity contribution in [1.82, 2.24) is 0 Å². The van der Waals surface area contributed by atoms with Gasteiger partial charge in [0, 0.05) is 29.7 Å². The van der Waals surface area contributed by atoms with Crippen LogP contribution < -0.4 is 5.73 Å². The maximum atomic E-state index is 13.0. The molecule has 0 fully saturated rings. The van der Waals surface area contributed by atoms with Gasteiger partial charge in [-0.15, -0.1) is 0 Å². The van der Waals surface area contributed by atoms with Gasteiger partial charge in [-0.25, -0.2) is 4.39 Å². The van der Waals surface area contributed by atoms with Crippen LogP contribution in [0.5, 0.6) is 0 Å². The topological polar surface area (TPSA) is 132 Å². The monoisotopic (exact) mass is 322 g/mol. The Bertz CT molecular complexity index is 854. The number of hydrogen-bond donors (Lipinski definition) is 1. The summed E-state index contributed by atoms with van der Waals surface area (Å²) in [5.74, 6) is -1.12. The molecule has 1 aromatic rings. The normalized spacial score (nSPS) is 21.4. The summed E-state index contributed by atoms with van der Waals surface area (Å²) >= 11 is 0. The van der Waals surface area contributed by atoms with E-state index in [1.807, 2.05) is 6.07 Å². The number of nitrogens with zero attached hydrogens (tertiary/aromatic N) is 3. The van der Waals surface area contributed by atoms with E-state index in [0.717, 1.165) is 12.1 Å². The van der Waals surface area contributed by atoms with Crippen LogP contribution in [0.25, 0.3) is 0 Å². The van der Waals surface area contributed by atoms with Crippen molar-refractivity contribution in [1.29, 1.82) is 15.8 Å². The van der Waals surface area contributed by atoms with Gasteiger partial charge in [0.2, 0.25) is 0 Å². The minimum absolute atomic E-state index is 0.0356. The number of ketones is 1. The van der Waals surface area contributed by atoms with Gasteiger partial charge in [-0.05, 0) is 24.3 Å². The highest BCUT2D eigenvalue weighted by atomic mass is 19.1. The molecule has 0 spiro atoms. The Morgan fingerprint density at radius 3 is 2.25 bits per heavy atom. The highest BCUT2D eigenvalue weighted by Gasteiger charge is 2.61. The molecule has 0 aromatic heterocycles. The number of allylic oxidation sites excluding steroid dienone is 2. The third kappa shape index (κ3) is 2.22. The smallest absolute Gasteiger partial charge is 0.172 e. The zero-order valence-corrected chi connectivity index (χ0v) is 12.4. The van der Waals surface area contributed by atoms with E-state index >= 15 is 0 Å². The zero-order valence-electron chi connectivity index (χ0n) is 12.4. The van der Waals surface area contributed by atoms with Crippen LogP contribution in [0.4, 0.5) is 4.39 Å². The van der Waals surface area contributed by atoms with E-state index in [4.69, 9.17) is 5.73 Å². The van der Waals surface area contributed by atoms with Crippen molar-refractivity contribution in [2.45, 2.75) is 12.8 Å². The van der Waals surface area contributed by atoms with Gasteiger partial charge >= 0.3 is 0 Å². The molecule has 0 amide bonds. The van der Waals surface area contributed by atoms with Gasteiger partial charge in [-0.2, -0.15) is 15.8 Å². The Balaban J connectivity index is 2.55. The summed E-state index contributed by atoms with van der Waals surface area (Å²) in [6.45, 7) is 0. The van der Waals surface area contributed by atoms with Crippen molar-refractivity contribution in [3.05, 3.63) is 46.9 Å². The molecule has 0 saturated carbocycles. The van der Waals surface area contributed by atoms with Crippen LogP contribution in [0.15, 0.2) is 35.5 Å². The molecule has 1 aromatic carbocycles. The standard InChI is InChI=1S/C17H11FN4O2/c18-13-3-1-11(2-4-13)14(24)6-17(10-21)15(22)12(7-23)5-16(17,8-19)9-20/h1-4,7H,5-6,22H2/t17-/m1/s1. The summed E-state index contributed by atoms with van der Waals surface area (Å²) in [5.41, 5.74) is 1.84. The lowest BCUT2D eigenvalue weighted by molar-refractivity contribution is -0.105. The number of halogens is 1. The highest BCUT2D eigenvalue weighted by molar-refractivity contribution is 5.97. The molecule has 0 aliphatic heterocycles.